The van der Waals surface area contributed by atoms with E-state index in [9.17, 15) is 4.79 Å². The number of methoxy groups -OCH3 is 1. The molecule has 2 rings (SSSR count). The highest BCUT2D eigenvalue weighted by Crippen LogP contribution is 2.35. The van der Waals surface area contributed by atoms with Crippen LogP contribution in [0.3, 0.4) is 0 Å². The normalized spacial score (nSPS) is 24.4. The lowest BCUT2D eigenvalue weighted by Crippen LogP contribution is -2.17. The Morgan fingerprint density at radius 3 is 2.93 bits per heavy atom. The summed E-state index contributed by atoms with van der Waals surface area (Å²) in [5.74, 6) is 1.54. The molecular weight excluding hydrogens is 188 g/mol. The van der Waals surface area contributed by atoms with Crippen molar-refractivity contribution in [3.63, 3.8) is 0 Å². The molecule has 0 radical (unpaired) electrons. The van der Waals surface area contributed by atoms with Crippen molar-refractivity contribution >= 4 is 6.29 Å². The lowest BCUT2D eigenvalue weighted by molar-refractivity contribution is -0.109. The number of aldehydes is 1. The third-order valence-electron chi connectivity index (χ3n) is 3.14. The fraction of sp³-hybridized carbons (Fsp3) is 0.462. The number of hydrogen-bond acceptors (Lipinski definition) is 2. The van der Waals surface area contributed by atoms with Crippen LogP contribution in [-0.2, 0) is 11.2 Å². The van der Waals surface area contributed by atoms with Crippen molar-refractivity contribution in [3.8, 4) is 5.75 Å². The van der Waals surface area contributed by atoms with Gasteiger partial charge in [-0.1, -0.05) is 13.0 Å². The summed E-state index contributed by atoms with van der Waals surface area (Å²) in [5, 5.41) is 0. The molecule has 0 bridgehead atoms. The van der Waals surface area contributed by atoms with Crippen LogP contribution in [0.5, 0.6) is 5.75 Å². The van der Waals surface area contributed by atoms with E-state index in [1.54, 1.807) is 7.11 Å². The van der Waals surface area contributed by atoms with Gasteiger partial charge in [-0.15, -0.1) is 0 Å². The maximum Gasteiger partial charge on any atom is 0.127 e. The van der Waals surface area contributed by atoms with E-state index in [1.807, 2.05) is 12.1 Å². The van der Waals surface area contributed by atoms with E-state index < -0.39 is 0 Å². The highest BCUT2D eigenvalue weighted by molar-refractivity contribution is 5.64. The van der Waals surface area contributed by atoms with Crippen LogP contribution in [-0.4, -0.2) is 13.4 Å². The summed E-state index contributed by atoms with van der Waals surface area (Å²) in [6, 6.07) is 6.02. The molecule has 80 valence electrons. The molecule has 1 aliphatic carbocycles. The van der Waals surface area contributed by atoms with Crippen LogP contribution in [0.15, 0.2) is 18.2 Å². The second-order valence-electron chi connectivity index (χ2n) is 4.35. The van der Waals surface area contributed by atoms with Crippen molar-refractivity contribution in [1.29, 1.82) is 0 Å². The molecule has 1 aromatic carbocycles. The van der Waals surface area contributed by atoms with E-state index in [4.69, 9.17) is 4.74 Å². The molecule has 0 aliphatic heterocycles. The highest BCUT2D eigenvalue weighted by atomic mass is 16.5. The first-order valence-corrected chi connectivity index (χ1v) is 5.36. The number of fused-ring (bicyclic) bond motifs is 1. The van der Waals surface area contributed by atoms with Gasteiger partial charge in [0.15, 0.2) is 0 Å². The zero-order chi connectivity index (χ0) is 10.8. The second kappa shape index (κ2) is 4.05. The summed E-state index contributed by atoms with van der Waals surface area (Å²) >= 11 is 0. The molecule has 2 nitrogen and oxygen atoms in total. The first-order valence-electron chi connectivity index (χ1n) is 5.36. The fourth-order valence-corrected chi connectivity index (χ4v) is 2.40. The van der Waals surface area contributed by atoms with E-state index >= 15 is 0 Å². The topological polar surface area (TPSA) is 26.3 Å². The molecular formula is C13H16O2. The van der Waals surface area contributed by atoms with Crippen molar-refractivity contribution in [2.24, 2.45) is 5.92 Å². The predicted octanol–water partition coefficient (Wildman–Crippen LogP) is 2.56. The molecule has 0 heterocycles. The zero-order valence-corrected chi connectivity index (χ0v) is 9.19. The fourth-order valence-electron chi connectivity index (χ4n) is 2.40. The maximum absolute atomic E-state index is 11.0. The lowest BCUT2D eigenvalue weighted by atomic mass is 9.78. The highest BCUT2D eigenvalue weighted by Gasteiger charge is 2.24. The predicted molar refractivity (Wildman–Crippen MR) is 59.3 cm³/mol. The molecule has 0 fully saturated rings. The quantitative estimate of drug-likeness (QED) is 0.692. The maximum atomic E-state index is 11.0. The van der Waals surface area contributed by atoms with Crippen LogP contribution in [0, 0.1) is 5.92 Å². The van der Waals surface area contributed by atoms with Gasteiger partial charge in [-0.3, -0.25) is 0 Å². The van der Waals surface area contributed by atoms with Crippen LogP contribution in [0.2, 0.25) is 0 Å². The van der Waals surface area contributed by atoms with Crippen LogP contribution in [0.1, 0.15) is 30.4 Å². The molecule has 0 amide bonds. The first kappa shape index (κ1) is 10.2. The smallest absolute Gasteiger partial charge is 0.127 e. The number of carbonyl (C=O) groups is 1. The van der Waals surface area contributed by atoms with Crippen molar-refractivity contribution in [2.45, 2.75) is 25.7 Å². The molecule has 0 N–H and O–H groups in total. The summed E-state index contributed by atoms with van der Waals surface area (Å²) in [6.45, 7) is 2.19. The minimum Gasteiger partial charge on any atom is -0.497 e. The Labute approximate surface area is 90.3 Å². The molecule has 0 aromatic heterocycles. The molecule has 2 atom stereocenters. The van der Waals surface area contributed by atoms with Gasteiger partial charge >= 0.3 is 0 Å². The zero-order valence-electron chi connectivity index (χ0n) is 9.19. The van der Waals surface area contributed by atoms with Crippen molar-refractivity contribution in [1.82, 2.24) is 0 Å². The standard InChI is InChI=1S/C13H16O2/c1-9-5-10-7-12(15-2)3-4-13(10)11(6-9)8-14/h3-4,7-9,11H,5-6H2,1-2H3. The molecule has 0 saturated heterocycles. The van der Waals surface area contributed by atoms with Crippen molar-refractivity contribution in [3.05, 3.63) is 29.3 Å². The second-order valence-corrected chi connectivity index (χ2v) is 4.35. The van der Waals surface area contributed by atoms with Gasteiger partial charge in [0.1, 0.15) is 12.0 Å². The van der Waals surface area contributed by atoms with Crippen LogP contribution >= 0.6 is 0 Å². The minimum atomic E-state index is 0.0784. The molecule has 2 heteroatoms. The first-order chi connectivity index (χ1) is 7.24. The third kappa shape index (κ3) is 1.89. The molecule has 2 unspecified atom stereocenters. The van der Waals surface area contributed by atoms with Gasteiger partial charge in [0.2, 0.25) is 0 Å². The number of carbonyl (C=O) groups excluding carboxylic acids is 1. The number of rotatable bonds is 2. The number of benzene rings is 1. The van der Waals surface area contributed by atoms with Crippen LogP contribution in [0.25, 0.3) is 0 Å². The average Bonchev–Trinajstić information content (AvgIpc) is 2.26. The molecule has 1 aromatic rings. The van der Waals surface area contributed by atoms with Crippen LogP contribution < -0.4 is 4.74 Å². The van der Waals surface area contributed by atoms with Crippen molar-refractivity contribution < 1.29 is 9.53 Å². The average molecular weight is 204 g/mol. The lowest BCUT2D eigenvalue weighted by Gasteiger charge is -2.26. The summed E-state index contributed by atoms with van der Waals surface area (Å²) in [7, 11) is 1.67. The SMILES string of the molecule is COc1ccc2c(c1)CC(C)CC2C=O. The molecule has 0 saturated carbocycles. The third-order valence-corrected chi connectivity index (χ3v) is 3.14. The van der Waals surface area contributed by atoms with Crippen LogP contribution in [0.4, 0.5) is 0 Å². The van der Waals surface area contributed by atoms with Gasteiger partial charge < -0.3 is 9.53 Å². The van der Waals surface area contributed by atoms with Crippen molar-refractivity contribution in [2.75, 3.05) is 7.11 Å². The number of ether oxygens (including phenoxy) is 1. The van der Waals surface area contributed by atoms with Gasteiger partial charge in [-0.2, -0.15) is 0 Å². The summed E-state index contributed by atoms with van der Waals surface area (Å²) in [6.07, 6.45) is 3.10. The molecule has 15 heavy (non-hydrogen) atoms. The van der Waals surface area contributed by atoms with E-state index in [-0.39, 0.29) is 5.92 Å². The monoisotopic (exact) mass is 204 g/mol. The summed E-state index contributed by atoms with van der Waals surface area (Å²) in [4.78, 5) is 11.0. The number of hydrogen-bond donors (Lipinski definition) is 0. The van der Waals surface area contributed by atoms with E-state index in [1.165, 1.54) is 11.1 Å². The van der Waals surface area contributed by atoms with E-state index in [0.717, 1.165) is 24.9 Å². The van der Waals surface area contributed by atoms with E-state index in [2.05, 4.69) is 13.0 Å². The Kier molecular flexibility index (Phi) is 2.76. The molecule has 1 aliphatic rings. The largest absolute Gasteiger partial charge is 0.497 e. The van der Waals surface area contributed by atoms with Gasteiger partial charge in [0.05, 0.1) is 7.11 Å². The molecule has 0 spiro atoms. The Balaban J connectivity index is 2.41. The summed E-state index contributed by atoms with van der Waals surface area (Å²) < 4.78 is 5.20. The summed E-state index contributed by atoms with van der Waals surface area (Å²) in [5.41, 5.74) is 2.45. The van der Waals surface area contributed by atoms with E-state index in [0.29, 0.717) is 5.92 Å². The Morgan fingerprint density at radius 2 is 2.27 bits per heavy atom. The Morgan fingerprint density at radius 1 is 1.47 bits per heavy atom. The van der Waals surface area contributed by atoms with Gasteiger partial charge in [-0.05, 0) is 42.0 Å². The van der Waals surface area contributed by atoms with Gasteiger partial charge in [0.25, 0.3) is 0 Å². The minimum absolute atomic E-state index is 0.0784. The Hall–Kier alpha value is -1.31. The van der Waals surface area contributed by atoms with Gasteiger partial charge in [-0.25, -0.2) is 0 Å². The Bertz CT molecular complexity index is 371. The van der Waals surface area contributed by atoms with Gasteiger partial charge in [0, 0.05) is 5.92 Å².